The summed E-state index contributed by atoms with van der Waals surface area (Å²) in [6, 6.07) is 7.44. The van der Waals surface area contributed by atoms with Crippen LogP contribution < -0.4 is 10.1 Å². The van der Waals surface area contributed by atoms with Crippen LogP contribution in [0.15, 0.2) is 36.4 Å². The van der Waals surface area contributed by atoms with Crippen molar-refractivity contribution in [2.24, 2.45) is 0 Å². The van der Waals surface area contributed by atoms with Gasteiger partial charge in [-0.25, -0.2) is 8.78 Å². The Labute approximate surface area is 132 Å². The van der Waals surface area contributed by atoms with Gasteiger partial charge in [-0.15, -0.1) is 0 Å². The van der Waals surface area contributed by atoms with Crippen molar-refractivity contribution in [1.29, 1.82) is 0 Å². The standard InChI is InChI=1S/C17H15F2NO3/c1-2-7-23-16-6-3-11(10-21)8-15(16)20-17(22)12-4-5-13(18)14(19)9-12/h3-6,8-10H,2,7H2,1H3,(H,20,22). The minimum atomic E-state index is -1.11. The van der Waals surface area contributed by atoms with E-state index in [0.29, 0.717) is 24.2 Å². The Kier molecular flexibility index (Phi) is 5.41. The van der Waals surface area contributed by atoms with Crippen LogP contribution in [0.1, 0.15) is 34.1 Å². The molecule has 0 fully saturated rings. The van der Waals surface area contributed by atoms with Crippen molar-refractivity contribution >= 4 is 17.9 Å². The van der Waals surface area contributed by atoms with E-state index in [1.165, 1.54) is 12.1 Å². The maximum absolute atomic E-state index is 13.2. The molecule has 6 heteroatoms. The van der Waals surface area contributed by atoms with Crippen molar-refractivity contribution in [2.45, 2.75) is 13.3 Å². The fraction of sp³-hybridized carbons (Fsp3) is 0.176. The van der Waals surface area contributed by atoms with Crippen molar-refractivity contribution in [2.75, 3.05) is 11.9 Å². The number of anilines is 1. The number of rotatable bonds is 6. The maximum atomic E-state index is 13.2. The van der Waals surface area contributed by atoms with E-state index in [2.05, 4.69) is 5.32 Å². The van der Waals surface area contributed by atoms with Gasteiger partial charge in [0.15, 0.2) is 11.6 Å². The van der Waals surface area contributed by atoms with Crippen molar-refractivity contribution in [1.82, 2.24) is 0 Å². The molecule has 0 saturated heterocycles. The van der Waals surface area contributed by atoms with Crippen LogP contribution in [0.4, 0.5) is 14.5 Å². The first kappa shape index (κ1) is 16.6. The lowest BCUT2D eigenvalue weighted by Gasteiger charge is -2.13. The Balaban J connectivity index is 2.27. The number of carbonyl (C=O) groups is 2. The van der Waals surface area contributed by atoms with Gasteiger partial charge in [-0.1, -0.05) is 6.92 Å². The summed E-state index contributed by atoms with van der Waals surface area (Å²) in [4.78, 5) is 23.0. The largest absolute Gasteiger partial charge is 0.491 e. The Morgan fingerprint density at radius 1 is 1.17 bits per heavy atom. The molecule has 0 aliphatic carbocycles. The lowest BCUT2D eigenvalue weighted by molar-refractivity contribution is 0.102. The van der Waals surface area contributed by atoms with E-state index < -0.39 is 17.5 Å². The minimum absolute atomic E-state index is 0.0400. The highest BCUT2D eigenvalue weighted by Gasteiger charge is 2.13. The number of aldehydes is 1. The number of hydrogen-bond donors (Lipinski definition) is 1. The number of carbonyl (C=O) groups excluding carboxylic acids is 2. The Bertz CT molecular complexity index is 732. The van der Waals surface area contributed by atoms with E-state index >= 15 is 0 Å². The van der Waals surface area contributed by atoms with Gasteiger partial charge in [-0.3, -0.25) is 9.59 Å². The summed E-state index contributed by atoms with van der Waals surface area (Å²) in [5.41, 5.74) is 0.606. The molecule has 0 unspecified atom stereocenters. The van der Waals surface area contributed by atoms with Crippen LogP contribution in [0.2, 0.25) is 0 Å². The Morgan fingerprint density at radius 3 is 2.61 bits per heavy atom. The molecule has 0 heterocycles. The molecule has 0 spiro atoms. The molecule has 0 aromatic heterocycles. The van der Waals surface area contributed by atoms with Crippen LogP contribution in [0.25, 0.3) is 0 Å². The molecule has 0 saturated carbocycles. The number of halogens is 2. The van der Waals surface area contributed by atoms with Gasteiger partial charge in [0.1, 0.15) is 12.0 Å². The first-order chi connectivity index (χ1) is 11.0. The number of ether oxygens (including phenoxy) is 1. The lowest BCUT2D eigenvalue weighted by atomic mass is 10.1. The average molecular weight is 319 g/mol. The molecule has 2 aromatic carbocycles. The normalized spacial score (nSPS) is 10.2. The molecule has 1 amide bonds. The molecule has 0 atom stereocenters. The molecule has 0 aliphatic rings. The molecule has 1 N–H and O–H groups in total. The fourth-order valence-corrected chi connectivity index (χ4v) is 1.89. The van der Waals surface area contributed by atoms with Gasteiger partial charge in [0, 0.05) is 11.1 Å². The van der Waals surface area contributed by atoms with Gasteiger partial charge in [0.25, 0.3) is 5.91 Å². The number of amides is 1. The Morgan fingerprint density at radius 2 is 1.96 bits per heavy atom. The second kappa shape index (κ2) is 7.49. The summed E-state index contributed by atoms with van der Waals surface area (Å²) in [7, 11) is 0. The summed E-state index contributed by atoms with van der Waals surface area (Å²) in [5.74, 6) is -2.38. The summed E-state index contributed by atoms with van der Waals surface area (Å²) < 4.78 is 31.6. The van der Waals surface area contributed by atoms with E-state index in [0.717, 1.165) is 18.6 Å². The van der Waals surface area contributed by atoms with E-state index in [4.69, 9.17) is 4.74 Å². The van der Waals surface area contributed by atoms with E-state index in [9.17, 15) is 18.4 Å². The fourth-order valence-electron chi connectivity index (χ4n) is 1.89. The average Bonchev–Trinajstić information content (AvgIpc) is 2.56. The SMILES string of the molecule is CCCOc1ccc(C=O)cc1NC(=O)c1ccc(F)c(F)c1. The third kappa shape index (κ3) is 4.12. The molecule has 2 aromatic rings. The van der Waals surface area contributed by atoms with Crippen LogP contribution in [0.3, 0.4) is 0 Å². The number of benzene rings is 2. The zero-order valence-corrected chi connectivity index (χ0v) is 12.4. The predicted octanol–water partition coefficient (Wildman–Crippen LogP) is 3.82. The first-order valence-electron chi connectivity index (χ1n) is 7.03. The second-order valence-electron chi connectivity index (χ2n) is 4.80. The first-order valence-corrected chi connectivity index (χ1v) is 7.03. The topological polar surface area (TPSA) is 55.4 Å². The van der Waals surface area contributed by atoms with Gasteiger partial charge in [-0.05, 0) is 42.8 Å². The van der Waals surface area contributed by atoms with Gasteiger partial charge in [0.2, 0.25) is 0 Å². The Hall–Kier alpha value is -2.76. The van der Waals surface area contributed by atoms with Gasteiger partial charge in [0.05, 0.1) is 12.3 Å². The third-order valence-electron chi connectivity index (χ3n) is 3.03. The summed E-state index contributed by atoms with van der Waals surface area (Å²) in [5, 5.41) is 2.55. The number of nitrogens with one attached hydrogen (secondary N) is 1. The molecular weight excluding hydrogens is 304 g/mol. The highest BCUT2D eigenvalue weighted by molar-refractivity contribution is 6.05. The summed E-state index contributed by atoms with van der Waals surface area (Å²) in [6.07, 6.45) is 1.41. The molecule has 2 rings (SSSR count). The molecule has 4 nitrogen and oxygen atoms in total. The van der Waals surface area contributed by atoms with Crippen LogP contribution in [0.5, 0.6) is 5.75 Å². The second-order valence-corrected chi connectivity index (χ2v) is 4.80. The zero-order valence-electron chi connectivity index (χ0n) is 12.4. The molecule has 23 heavy (non-hydrogen) atoms. The van der Waals surface area contributed by atoms with Crippen LogP contribution in [-0.2, 0) is 0 Å². The number of hydrogen-bond acceptors (Lipinski definition) is 3. The summed E-state index contributed by atoms with van der Waals surface area (Å²) >= 11 is 0. The monoisotopic (exact) mass is 319 g/mol. The third-order valence-corrected chi connectivity index (χ3v) is 3.03. The van der Waals surface area contributed by atoms with Gasteiger partial charge < -0.3 is 10.1 Å². The van der Waals surface area contributed by atoms with Gasteiger partial charge >= 0.3 is 0 Å². The smallest absolute Gasteiger partial charge is 0.255 e. The molecule has 0 aliphatic heterocycles. The van der Waals surface area contributed by atoms with E-state index in [-0.39, 0.29) is 11.3 Å². The van der Waals surface area contributed by atoms with Crippen molar-refractivity contribution < 1.29 is 23.1 Å². The molecule has 120 valence electrons. The van der Waals surface area contributed by atoms with E-state index in [1.54, 1.807) is 12.1 Å². The van der Waals surface area contributed by atoms with Crippen molar-refractivity contribution in [3.05, 3.63) is 59.2 Å². The zero-order chi connectivity index (χ0) is 16.8. The van der Waals surface area contributed by atoms with Crippen molar-refractivity contribution in [3.8, 4) is 5.75 Å². The highest BCUT2D eigenvalue weighted by Crippen LogP contribution is 2.26. The van der Waals surface area contributed by atoms with E-state index in [1.807, 2.05) is 6.92 Å². The van der Waals surface area contributed by atoms with Crippen LogP contribution >= 0.6 is 0 Å². The minimum Gasteiger partial charge on any atom is -0.491 e. The summed E-state index contributed by atoms with van der Waals surface area (Å²) in [6.45, 7) is 2.37. The molecular formula is C17H15F2NO3. The molecule has 0 radical (unpaired) electrons. The van der Waals surface area contributed by atoms with Crippen LogP contribution in [-0.4, -0.2) is 18.8 Å². The molecule has 0 bridgehead atoms. The van der Waals surface area contributed by atoms with Crippen LogP contribution in [0, 0.1) is 11.6 Å². The quantitative estimate of drug-likeness (QED) is 0.824. The van der Waals surface area contributed by atoms with Gasteiger partial charge in [-0.2, -0.15) is 0 Å². The highest BCUT2D eigenvalue weighted by atomic mass is 19.2. The predicted molar refractivity (Wildman–Crippen MR) is 81.9 cm³/mol. The van der Waals surface area contributed by atoms with Crippen molar-refractivity contribution in [3.63, 3.8) is 0 Å². The maximum Gasteiger partial charge on any atom is 0.255 e. The lowest BCUT2D eigenvalue weighted by Crippen LogP contribution is -2.14.